The molecule has 0 bridgehead atoms. The third-order valence-electron chi connectivity index (χ3n) is 2.50. The number of hydrogen-bond donors (Lipinski definition) is 1. The van der Waals surface area contributed by atoms with Gasteiger partial charge in [0.05, 0.1) is 0 Å². The van der Waals surface area contributed by atoms with Crippen molar-refractivity contribution < 1.29 is 43.7 Å². The Bertz CT molecular complexity index is 649. The van der Waals surface area contributed by atoms with E-state index in [1.165, 1.54) is 0 Å². The van der Waals surface area contributed by atoms with E-state index in [-0.39, 0.29) is 11.6 Å². The van der Waals surface area contributed by atoms with Crippen molar-refractivity contribution in [3.63, 3.8) is 0 Å². The second-order valence-electron chi connectivity index (χ2n) is 4.12. The maximum atomic E-state index is 13.6. The Morgan fingerprint density at radius 3 is 1.86 bits per heavy atom. The Labute approximate surface area is 114 Å². The highest BCUT2D eigenvalue weighted by Crippen LogP contribution is 2.53. The topological polar surface area (TPSA) is 54.4 Å². The van der Waals surface area contributed by atoms with Crippen LogP contribution in [0.25, 0.3) is 0 Å². The largest absolute Gasteiger partial charge is 0.460 e. The van der Waals surface area contributed by atoms with Gasteiger partial charge in [0.15, 0.2) is 0 Å². The van der Waals surface area contributed by atoms with Crippen LogP contribution in [0.1, 0.15) is 11.1 Å². The van der Waals surface area contributed by atoms with Crippen LogP contribution in [0.2, 0.25) is 0 Å². The molecule has 0 aromatic heterocycles. The first-order chi connectivity index (χ1) is 9.12. The van der Waals surface area contributed by atoms with Gasteiger partial charge in [-0.25, -0.2) is 0 Å². The molecule has 0 aliphatic carbocycles. The second-order valence-corrected chi connectivity index (χ2v) is 5.51. The van der Waals surface area contributed by atoms with Crippen LogP contribution < -0.4 is 0 Å². The monoisotopic (exact) mass is 340 g/mol. The number of rotatable bonds is 3. The van der Waals surface area contributed by atoms with Crippen LogP contribution in [0.3, 0.4) is 0 Å². The number of alkyl halides is 7. The summed E-state index contributed by atoms with van der Waals surface area (Å²) >= 11 is 0. The minimum atomic E-state index is -6.61. The SMILES string of the molecule is Cc1ccc(S(=O)(=O)O)c(C(F)(F)C(F)(F)C(F)(F)F)c1. The molecule has 3 nitrogen and oxygen atoms in total. The molecule has 0 saturated heterocycles. The molecular formula is C10H7F7O3S. The van der Waals surface area contributed by atoms with E-state index in [0.29, 0.717) is 6.07 Å². The summed E-state index contributed by atoms with van der Waals surface area (Å²) in [6.07, 6.45) is -6.61. The molecule has 0 aliphatic rings. The van der Waals surface area contributed by atoms with Crippen molar-refractivity contribution in [1.29, 1.82) is 0 Å². The Kier molecular flexibility index (Phi) is 4.07. The van der Waals surface area contributed by atoms with Gasteiger partial charge in [-0.05, 0) is 19.1 Å². The van der Waals surface area contributed by atoms with Crippen molar-refractivity contribution in [2.75, 3.05) is 0 Å². The fourth-order valence-electron chi connectivity index (χ4n) is 1.46. The first-order valence-corrected chi connectivity index (χ1v) is 6.47. The van der Waals surface area contributed by atoms with Crippen molar-refractivity contribution in [1.82, 2.24) is 0 Å². The summed E-state index contributed by atoms with van der Waals surface area (Å²) in [6.45, 7) is 1.07. The third kappa shape index (κ3) is 2.98. The Morgan fingerprint density at radius 1 is 1.00 bits per heavy atom. The van der Waals surface area contributed by atoms with Gasteiger partial charge in [0, 0.05) is 5.56 Å². The zero-order valence-corrected chi connectivity index (χ0v) is 10.9. The van der Waals surface area contributed by atoms with E-state index in [9.17, 15) is 39.2 Å². The minimum absolute atomic E-state index is 0.142. The number of aryl methyl sites for hydroxylation is 1. The molecule has 0 heterocycles. The second kappa shape index (κ2) is 4.83. The molecule has 11 heteroatoms. The maximum Gasteiger partial charge on any atom is 0.460 e. The predicted octanol–water partition coefficient (Wildman–Crippen LogP) is 3.53. The normalized spacial score (nSPS) is 14.3. The number of hydrogen-bond acceptors (Lipinski definition) is 2. The van der Waals surface area contributed by atoms with Gasteiger partial charge in [-0.15, -0.1) is 0 Å². The molecule has 0 spiro atoms. The van der Waals surface area contributed by atoms with Gasteiger partial charge in [0.2, 0.25) is 0 Å². The highest BCUT2D eigenvalue weighted by Gasteiger charge is 2.74. The van der Waals surface area contributed by atoms with E-state index in [0.717, 1.165) is 13.0 Å². The quantitative estimate of drug-likeness (QED) is 0.676. The van der Waals surface area contributed by atoms with E-state index in [2.05, 4.69) is 0 Å². The lowest BCUT2D eigenvalue weighted by Crippen LogP contribution is -2.50. The third-order valence-corrected chi connectivity index (χ3v) is 3.41. The fourth-order valence-corrected chi connectivity index (χ4v) is 2.17. The molecule has 21 heavy (non-hydrogen) atoms. The van der Waals surface area contributed by atoms with E-state index in [1.54, 1.807) is 0 Å². The first kappa shape index (κ1) is 17.7. The lowest BCUT2D eigenvalue weighted by molar-refractivity contribution is -0.360. The Morgan fingerprint density at radius 2 is 1.48 bits per heavy atom. The fraction of sp³-hybridized carbons (Fsp3) is 0.400. The van der Waals surface area contributed by atoms with Gasteiger partial charge in [0.25, 0.3) is 10.1 Å². The highest BCUT2D eigenvalue weighted by molar-refractivity contribution is 7.85. The zero-order chi connectivity index (χ0) is 16.9. The molecule has 0 amide bonds. The molecular weight excluding hydrogens is 333 g/mol. The molecule has 120 valence electrons. The summed E-state index contributed by atoms with van der Waals surface area (Å²) < 4.78 is 120. The molecule has 0 saturated carbocycles. The van der Waals surface area contributed by atoms with Crippen LogP contribution in [0, 0.1) is 6.92 Å². The van der Waals surface area contributed by atoms with Crippen LogP contribution >= 0.6 is 0 Å². The number of benzene rings is 1. The summed E-state index contributed by atoms with van der Waals surface area (Å²) in [4.78, 5) is -1.72. The predicted molar refractivity (Wildman–Crippen MR) is 55.9 cm³/mol. The summed E-state index contributed by atoms with van der Waals surface area (Å²) in [7, 11) is -5.42. The van der Waals surface area contributed by atoms with Crippen molar-refractivity contribution in [3.8, 4) is 0 Å². The van der Waals surface area contributed by atoms with Crippen LogP contribution in [0.15, 0.2) is 23.1 Å². The van der Waals surface area contributed by atoms with Crippen LogP contribution in [0.5, 0.6) is 0 Å². The molecule has 0 aliphatic heterocycles. The van der Waals surface area contributed by atoms with Gasteiger partial charge in [-0.2, -0.15) is 39.2 Å². The van der Waals surface area contributed by atoms with E-state index < -0.39 is 38.6 Å². The lowest BCUT2D eigenvalue weighted by atomic mass is 10.00. The highest BCUT2D eigenvalue weighted by atomic mass is 32.2. The molecule has 0 fully saturated rings. The molecule has 0 atom stereocenters. The number of halogens is 7. The smallest absolute Gasteiger partial charge is 0.282 e. The van der Waals surface area contributed by atoms with Gasteiger partial charge in [-0.3, -0.25) is 4.55 Å². The molecule has 1 N–H and O–H groups in total. The average molecular weight is 340 g/mol. The molecule has 0 radical (unpaired) electrons. The summed E-state index contributed by atoms with van der Waals surface area (Å²) in [5, 5.41) is 0. The molecule has 1 aromatic carbocycles. The van der Waals surface area contributed by atoms with Gasteiger partial charge >= 0.3 is 18.0 Å². The lowest BCUT2D eigenvalue weighted by Gasteiger charge is -2.29. The maximum absolute atomic E-state index is 13.6. The summed E-state index contributed by atoms with van der Waals surface area (Å²) in [6, 6.07) is 1.32. The van der Waals surface area contributed by atoms with Crippen molar-refractivity contribution >= 4 is 10.1 Å². The Balaban J connectivity index is 3.70. The van der Waals surface area contributed by atoms with Crippen molar-refractivity contribution in [3.05, 3.63) is 29.3 Å². The average Bonchev–Trinajstić information content (AvgIpc) is 2.25. The standard InChI is InChI=1S/C10H7F7O3S/c1-5-2-3-7(21(18,19)20)6(4-5)8(11,12)9(13,14)10(15,16)17/h2-4H,1H3,(H,18,19,20). The molecule has 0 unspecified atom stereocenters. The van der Waals surface area contributed by atoms with E-state index in [4.69, 9.17) is 4.55 Å². The van der Waals surface area contributed by atoms with E-state index >= 15 is 0 Å². The molecule has 1 rings (SSSR count). The van der Waals surface area contributed by atoms with Crippen LogP contribution in [0.4, 0.5) is 30.7 Å². The van der Waals surface area contributed by atoms with Gasteiger partial charge in [-0.1, -0.05) is 11.6 Å². The van der Waals surface area contributed by atoms with Crippen LogP contribution in [-0.4, -0.2) is 25.1 Å². The van der Waals surface area contributed by atoms with Crippen molar-refractivity contribution in [2.24, 2.45) is 0 Å². The Hall–Kier alpha value is -1.36. The molecule has 1 aromatic rings. The minimum Gasteiger partial charge on any atom is -0.282 e. The van der Waals surface area contributed by atoms with Gasteiger partial charge < -0.3 is 0 Å². The van der Waals surface area contributed by atoms with E-state index in [1.807, 2.05) is 0 Å². The van der Waals surface area contributed by atoms with Gasteiger partial charge in [0.1, 0.15) is 4.90 Å². The van der Waals surface area contributed by atoms with Crippen LogP contribution in [-0.2, 0) is 16.0 Å². The summed E-state index contributed by atoms with van der Waals surface area (Å²) in [5.41, 5.74) is -2.33. The first-order valence-electron chi connectivity index (χ1n) is 5.03. The van der Waals surface area contributed by atoms with Crippen molar-refractivity contribution in [2.45, 2.75) is 29.8 Å². The summed E-state index contributed by atoms with van der Waals surface area (Å²) in [5.74, 6) is -12.4. The zero-order valence-electron chi connectivity index (χ0n) is 10.0.